The molecule has 0 bridgehead atoms. The maximum atomic E-state index is 10.5. The van der Waals surface area contributed by atoms with E-state index in [9.17, 15) is 9.59 Å². The number of hydrogen-bond acceptors (Lipinski definition) is 5. The van der Waals surface area contributed by atoms with Crippen LogP contribution in [0.1, 0.15) is 6.42 Å². The van der Waals surface area contributed by atoms with Crippen LogP contribution in [0, 0.1) is 5.92 Å². The number of rotatable bonds is 5. The second-order valence-corrected chi connectivity index (χ2v) is 4.54. The Hall–Kier alpha value is -0.750. The van der Waals surface area contributed by atoms with Crippen LogP contribution in [0.25, 0.3) is 0 Å². The molecule has 1 atom stereocenters. The molecule has 0 amide bonds. The molecule has 7 nitrogen and oxygen atoms in total. The fourth-order valence-corrected chi connectivity index (χ4v) is 2.09. The summed E-state index contributed by atoms with van der Waals surface area (Å²) in [5, 5.41) is 16.9. The van der Waals surface area contributed by atoms with Gasteiger partial charge >= 0.3 is 19.9 Å². The fourth-order valence-electron chi connectivity index (χ4n) is 0.819. The molecule has 1 saturated heterocycles. The molecule has 1 aliphatic heterocycles. The zero-order valence-electron chi connectivity index (χ0n) is 6.41. The van der Waals surface area contributed by atoms with Crippen molar-refractivity contribution in [3.05, 3.63) is 0 Å². The average molecular weight is 211 g/mol. The number of carboxylic acid groups (broad SMARTS) is 2. The molecule has 0 aromatic heterocycles. The van der Waals surface area contributed by atoms with Gasteiger partial charge in [0.2, 0.25) is 0 Å². The predicted octanol–water partition coefficient (Wildman–Crippen LogP) is -0.121. The van der Waals surface area contributed by atoms with Crippen molar-refractivity contribution in [3.63, 3.8) is 0 Å². The molecule has 74 valence electrons. The van der Waals surface area contributed by atoms with E-state index in [1.807, 2.05) is 0 Å². The van der Waals surface area contributed by atoms with E-state index in [2.05, 4.69) is 9.35 Å². The minimum absolute atomic E-state index is 0.283. The monoisotopic (exact) mass is 211 g/mol. The third-order valence-corrected chi connectivity index (χ3v) is 2.86. The highest BCUT2D eigenvalue weighted by atomic mass is 31.2. The standard InChI is InChI=1S/C5H7O7P/c6-4(7)1-3(5(8)9)2-13(10)11-12-13/h3,10H,1-2H2,(H-,6,7,8,9)/p+1. The van der Waals surface area contributed by atoms with E-state index in [4.69, 9.17) is 15.1 Å². The van der Waals surface area contributed by atoms with Gasteiger partial charge in [0, 0.05) is 9.35 Å². The largest absolute Gasteiger partial charge is 0.496 e. The Morgan fingerprint density at radius 2 is 1.85 bits per heavy atom. The first-order valence-electron chi connectivity index (χ1n) is 3.36. The summed E-state index contributed by atoms with van der Waals surface area (Å²) in [6.45, 7) is 0. The first kappa shape index (κ1) is 10.3. The minimum Gasteiger partial charge on any atom is -0.481 e. The summed E-state index contributed by atoms with van der Waals surface area (Å²) in [5.74, 6) is -3.69. The molecule has 13 heavy (non-hydrogen) atoms. The Morgan fingerprint density at radius 3 is 2.15 bits per heavy atom. The van der Waals surface area contributed by atoms with Crippen LogP contribution in [-0.2, 0) is 18.9 Å². The number of aliphatic carboxylic acids is 2. The van der Waals surface area contributed by atoms with Crippen LogP contribution < -0.4 is 0 Å². The minimum atomic E-state index is -2.98. The lowest BCUT2D eigenvalue weighted by Gasteiger charge is -2.03. The maximum Gasteiger partial charge on any atom is 0.496 e. The summed E-state index contributed by atoms with van der Waals surface area (Å²) in [6.07, 6.45) is -0.834. The van der Waals surface area contributed by atoms with Gasteiger partial charge in [-0.15, -0.1) is 0 Å². The molecule has 0 aliphatic carbocycles. The third kappa shape index (κ3) is 3.23. The second kappa shape index (κ2) is 3.55. The van der Waals surface area contributed by atoms with E-state index in [1.165, 1.54) is 0 Å². The number of hydrogen-bond donors (Lipinski definition) is 3. The van der Waals surface area contributed by atoms with Crippen LogP contribution in [0.3, 0.4) is 0 Å². The summed E-state index contributed by atoms with van der Waals surface area (Å²) in [4.78, 5) is 29.8. The molecular formula is C5H8O7P+. The molecule has 0 aromatic rings. The first-order valence-corrected chi connectivity index (χ1v) is 5.12. The molecule has 1 aliphatic rings. The van der Waals surface area contributed by atoms with Gasteiger partial charge in [0.05, 0.1) is 6.42 Å². The highest BCUT2D eigenvalue weighted by Gasteiger charge is 2.65. The number of carboxylic acids is 2. The molecule has 3 N–H and O–H groups in total. The summed E-state index contributed by atoms with van der Waals surface area (Å²) in [6, 6.07) is 0. The van der Waals surface area contributed by atoms with Gasteiger partial charge in [0.25, 0.3) is 0 Å². The molecule has 1 heterocycles. The van der Waals surface area contributed by atoms with Gasteiger partial charge in [-0.3, -0.25) is 9.59 Å². The van der Waals surface area contributed by atoms with E-state index in [0.717, 1.165) is 0 Å². The predicted molar refractivity (Wildman–Crippen MR) is 39.6 cm³/mol. The lowest BCUT2D eigenvalue weighted by Crippen LogP contribution is -2.21. The second-order valence-electron chi connectivity index (χ2n) is 2.60. The Balaban J connectivity index is 2.47. The maximum absolute atomic E-state index is 10.5. The van der Waals surface area contributed by atoms with Crippen LogP contribution in [-0.4, -0.2) is 33.2 Å². The molecule has 0 radical (unpaired) electrons. The van der Waals surface area contributed by atoms with Gasteiger partial charge in [-0.05, 0) is 0 Å². The average Bonchev–Trinajstić information content (AvgIpc) is 2.65. The lowest BCUT2D eigenvalue weighted by atomic mass is 10.1. The number of carbonyl (C=O) groups is 2. The van der Waals surface area contributed by atoms with Crippen molar-refractivity contribution in [2.75, 3.05) is 6.16 Å². The Labute approximate surface area is 73.4 Å². The van der Waals surface area contributed by atoms with Gasteiger partial charge in [0.1, 0.15) is 5.92 Å². The summed E-state index contributed by atoms with van der Waals surface area (Å²) < 4.78 is 8.34. The SMILES string of the molecule is O=C(O)CC(C[P+]1(O)OO1)C(=O)O. The molecule has 0 spiro atoms. The van der Waals surface area contributed by atoms with Crippen LogP contribution in [0.5, 0.6) is 0 Å². The van der Waals surface area contributed by atoms with Gasteiger partial charge in [0.15, 0.2) is 6.16 Å². The highest BCUT2D eigenvalue weighted by molar-refractivity contribution is 7.64. The van der Waals surface area contributed by atoms with Crippen molar-refractivity contribution in [1.82, 2.24) is 0 Å². The van der Waals surface area contributed by atoms with E-state index < -0.39 is 32.2 Å². The van der Waals surface area contributed by atoms with Crippen molar-refractivity contribution in [2.45, 2.75) is 6.42 Å². The quantitative estimate of drug-likeness (QED) is 0.329. The van der Waals surface area contributed by atoms with Crippen molar-refractivity contribution >= 4 is 19.9 Å². The zero-order chi connectivity index (χ0) is 10.1. The third-order valence-electron chi connectivity index (χ3n) is 1.47. The van der Waals surface area contributed by atoms with Crippen molar-refractivity contribution in [2.24, 2.45) is 5.92 Å². The topological polar surface area (TPSA) is 120 Å². The molecule has 0 saturated carbocycles. The van der Waals surface area contributed by atoms with Crippen molar-refractivity contribution in [1.29, 1.82) is 0 Å². The van der Waals surface area contributed by atoms with Gasteiger partial charge < -0.3 is 10.2 Å². The molecule has 1 rings (SSSR count). The van der Waals surface area contributed by atoms with Crippen molar-refractivity contribution in [3.8, 4) is 0 Å². The molecular weight excluding hydrogens is 203 g/mol. The normalized spacial score (nSPS) is 20.7. The van der Waals surface area contributed by atoms with E-state index in [0.29, 0.717) is 0 Å². The van der Waals surface area contributed by atoms with Crippen LogP contribution in [0.4, 0.5) is 0 Å². The Morgan fingerprint density at radius 1 is 1.31 bits per heavy atom. The summed E-state index contributed by atoms with van der Waals surface area (Å²) >= 11 is 0. The fraction of sp³-hybridized carbons (Fsp3) is 0.600. The van der Waals surface area contributed by atoms with Crippen LogP contribution >= 0.6 is 7.94 Å². The first-order chi connectivity index (χ1) is 5.93. The highest BCUT2D eigenvalue weighted by Crippen LogP contribution is 2.73. The van der Waals surface area contributed by atoms with Gasteiger partial charge in [-0.2, -0.15) is 4.89 Å². The smallest absolute Gasteiger partial charge is 0.481 e. The molecule has 8 heteroatoms. The van der Waals surface area contributed by atoms with Crippen LogP contribution in [0.15, 0.2) is 0 Å². The lowest BCUT2D eigenvalue weighted by molar-refractivity contribution is -0.147. The van der Waals surface area contributed by atoms with Crippen molar-refractivity contribution < 1.29 is 34.0 Å². The van der Waals surface area contributed by atoms with Gasteiger partial charge in [-0.25, -0.2) is 0 Å². The Kier molecular flexibility index (Phi) is 2.82. The van der Waals surface area contributed by atoms with E-state index >= 15 is 0 Å². The van der Waals surface area contributed by atoms with Crippen LogP contribution in [0.2, 0.25) is 0 Å². The molecule has 0 aromatic carbocycles. The molecule has 1 unspecified atom stereocenters. The summed E-state index contributed by atoms with van der Waals surface area (Å²) in [7, 11) is -2.98. The Bertz CT molecular complexity index is 235. The molecule has 1 fully saturated rings. The summed E-state index contributed by atoms with van der Waals surface area (Å²) in [5.41, 5.74) is 0. The van der Waals surface area contributed by atoms with E-state index in [1.54, 1.807) is 0 Å². The van der Waals surface area contributed by atoms with E-state index in [-0.39, 0.29) is 6.16 Å². The zero-order valence-corrected chi connectivity index (χ0v) is 7.31. The van der Waals surface area contributed by atoms with Gasteiger partial charge in [-0.1, -0.05) is 0 Å².